The van der Waals surface area contributed by atoms with Crippen molar-refractivity contribution in [1.82, 2.24) is 0 Å². The standard InChI is InChI=1S/C19H23ClN2O3S/c1-5-18(19(23)21-17-9-7-6-8-16(17)20)22(26(4,24)25)15-11-10-13(2)14(3)12-15/h6-12,18H,5H2,1-4H3,(H,21,23)/t18-/m1/s1. The number of para-hydroxylation sites is 1. The van der Waals surface area contributed by atoms with E-state index in [0.29, 0.717) is 22.8 Å². The van der Waals surface area contributed by atoms with E-state index in [1.807, 2.05) is 19.9 Å². The van der Waals surface area contributed by atoms with Crippen LogP contribution in [0.15, 0.2) is 42.5 Å². The zero-order chi connectivity index (χ0) is 19.5. The van der Waals surface area contributed by atoms with Gasteiger partial charge in [0.15, 0.2) is 0 Å². The molecule has 5 nitrogen and oxygen atoms in total. The van der Waals surface area contributed by atoms with Gasteiger partial charge in [0, 0.05) is 0 Å². The molecule has 2 aromatic carbocycles. The third-order valence-electron chi connectivity index (χ3n) is 4.21. The largest absolute Gasteiger partial charge is 0.323 e. The van der Waals surface area contributed by atoms with Gasteiger partial charge in [0.1, 0.15) is 6.04 Å². The highest BCUT2D eigenvalue weighted by Crippen LogP contribution is 2.27. The fourth-order valence-corrected chi connectivity index (χ4v) is 4.09. The molecule has 0 heterocycles. The Kier molecular flexibility index (Phi) is 6.31. The van der Waals surface area contributed by atoms with Crippen LogP contribution in [0.4, 0.5) is 11.4 Å². The molecule has 1 amide bonds. The molecule has 0 spiro atoms. The van der Waals surface area contributed by atoms with Gasteiger partial charge in [-0.15, -0.1) is 0 Å². The molecule has 140 valence electrons. The second kappa shape index (κ2) is 8.10. The van der Waals surface area contributed by atoms with Crippen molar-refractivity contribution < 1.29 is 13.2 Å². The minimum Gasteiger partial charge on any atom is -0.323 e. The number of rotatable bonds is 6. The average Bonchev–Trinajstić information content (AvgIpc) is 2.56. The van der Waals surface area contributed by atoms with E-state index in [-0.39, 0.29) is 0 Å². The smallest absolute Gasteiger partial charge is 0.248 e. The fourth-order valence-electron chi connectivity index (χ4n) is 2.70. The van der Waals surface area contributed by atoms with Crippen molar-refractivity contribution >= 4 is 38.9 Å². The lowest BCUT2D eigenvalue weighted by atomic mass is 10.1. The van der Waals surface area contributed by atoms with Crippen molar-refractivity contribution in [2.75, 3.05) is 15.9 Å². The molecule has 0 aliphatic heterocycles. The number of benzene rings is 2. The van der Waals surface area contributed by atoms with Crippen LogP contribution >= 0.6 is 11.6 Å². The summed E-state index contributed by atoms with van der Waals surface area (Å²) in [7, 11) is -3.67. The molecule has 0 aromatic heterocycles. The molecule has 1 N–H and O–H groups in total. The lowest BCUT2D eigenvalue weighted by molar-refractivity contribution is -0.117. The number of sulfonamides is 1. The fraction of sp³-hybridized carbons (Fsp3) is 0.316. The zero-order valence-electron chi connectivity index (χ0n) is 15.3. The first-order chi connectivity index (χ1) is 12.1. The number of nitrogens with zero attached hydrogens (tertiary/aromatic N) is 1. The number of carbonyl (C=O) groups excluding carboxylic acids is 1. The van der Waals surface area contributed by atoms with E-state index in [0.717, 1.165) is 17.4 Å². The Morgan fingerprint density at radius 2 is 1.81 bits per heavy atom. The van der Waals surface area contributed by atoms with Crippen molar-refractivity contribution in [3.63, 3.8) is 0 Å². The molecule has 0 fully saturated rings. The van der Waals surface area contributed by atoms with Crippen LogP contribution in [-0.4, -0.2) is 26.6 Å². The van der Waals surface area contributed by atoms with Crippen LogP contribution in [0.1, 0.15) is 24.5 Å². The lowest BCUT2D eigenvalue weighted by Crippen LogP contribution is -2.47. The average molecular weight is 395 g/mol. The predicted octanol–water partition coefficient (Wildman–Crippen LogP) is 4.14. The summed E-state index contributed by atoms with van der Waals surface area (Å²) in [6.45, 7) is 5.63. The Hall–Kier alpha value is -2.05. The minimum atomic E-state index is -3.67. The second-order valence-corrected chi connectivity index (χ2v) is 8.49. The molecule has 0 aliphatic rings. The Bertz CT molecular complexity index is 913. The number of amides is 1. The molecule has 0 saturated carbocycles. The van der Waals surface area contributed by atoms with Gasteiger partial charge >= 0.3 is 0 Å². The number of halogens is 1. The molecule has 26 heavy (non-hydrogen) atoms. The Labute approximate surface area is 160 Å². The van der Waals surface area contributed by atoms with E-state index in [1.54, 1.807) is 43.3 Å². The molecule has 0 aliphatic carbocycles. The second-order valence-electron chi connectivity index (χ2n) is 6.22. The van der Waals surface area contributed by atoms with E-state index in [2.05, 4.69) is 5.32 Å². The first kappa shape index (κ1) is 20.3. The van der Waals surface area contributed by atoms with Gasteiger partial charge in [-0.2, -0.15) is 0 Å². The SMILES string of the molecule is CC[C@H](C(=O)Nc1ccccc1Cl)N(c1ccc(C)c(C)c1)S(C)(=O)=O. The molecule has 0 bridgehead atoms. The molecule has 7 heteroatoms. The highest BCUT2D eigenvalue weighted by Gasteiger charge is 2.31. The van der Waals surface area contributed by atoms with Crippen LogP contribution in [0.5, 0.6) is 0 Å². The van der Waals surface area contributed by atoms with Crippen molar-refractivity contribution in [2.45, 2.75) is 33.2 Å². The third kappa shape index (κ3) is 4.56. The van der Waals surface area contributed by atoms with Gasteiger partial charge in [0.05, 0.1) is 22.7 Å². The highest BCUT2D eigenvalue weighted by atomic mass is 35.5. The summed E-state index contributed by atoms with van der Waals surface area (Å²) >= 11 is 6.09. The minimum absolute atomic E-state index is 0.316. The topological polar surface area (TPSA) is 66.5 Å². The number of aryl methyl sites for hydroxylation is 2. The van der Waals surface area contributed by atoms with Crippen LogP contribution < -0.4 is 9.62 Å². The molecule has 0 saturated heterocycles. The van der Waals surface area contributed by atoms with Crippen LogP contribution in [0.25, 0.3) is 0 Å². The predicted molar refractivity (Wildman–Crippen MR) is 107 cm³/mol. The van der Waals surface area contributed by atoms with Gasteiger partial charge in [-0.3, -0.25) is 9.10 Å². The maximum atomic E-state index is 12.8. The summed E-state index contributed by atoms with van der Waals surface area (Å²) < 4.78 is 26.1. The monoisotopic (exact) mass is 394 g/mol. The van der Waals surface area contributed by atoms with E-state index in [4.69, 9.17) is 11.6 Å². The molecule has 0 unspecified atom stereocenters. The van der Waals surface area contributed by atoms with Gasteiger partial charge in [-0.1, -0.05) is 36.7 Å². The first-order valence-electron chi connectivity index (χ1n) is 8.27. The van der Waals surface area contributed by atoms with Gasteiger partial charge in [0.2, 0.25) is 15.9 Å². The maximum absolute atomic E-state index is 12.8. The maximum Gasteiger partial charge on any atom is 0.248 e. The molecule has 1 atom stereocenters. The summed E-state index contributed by atoms with van der Waals surface area (Å²) in [5.41, 5.74) is 2.93. The normalized spacial score (nSPS) is 12.5. The Balaban J connectivity index is 2.43. The van der Waals surface area contributed by atoms with Gasteiger partial charge in [-0.25, -0.2) is 8.42 Å². The van der Waals surface area contributed by atoms with Crippen molar-refractivity contribution in [1.29, 1.82) is 0 Å². The van der Waals surface area contributed by atoms with Crippen molar-refractivity contribution in [3.8, 4) is 0 Å². The lowest BCUT2D eigenvalue weighted by Gasteiger charge is -2.30. The van der Waals surface area contributed by atoms with Gasteiger partial charge < -0.3 is 5.32 Å². The number of hydrogen-bond donors (Lipinski definition) is 1. The number of anilines is 2. The molecular weight excluding hydrogens is 372 g/mol. The van der Waals surface area contributed by atoms with Crippen molar-refractivity contribution in [2.24, 2.45) is 0 Å². The molecule has 2 rings (SSSR count). The van der Waals surface area contributed by atoms with E-state index >= 15 is 0 Å². The molecule has 0 radical (unpaired) electrons. The molecular formula is C19H23ClN2O3S. The van der Waals surface area contributed by atoms with E-state index in [9.17, 15) is 13.2 Å². The van der Waals surface area contributed by atoms with Gasteiger partial charge in [0.25, 0.3) is 0 Å². The molecule has 2 aromatic rings. The highest BCUT2D eigenvalue weighted by molar-refractivity contribution is 7.92. The Morgan fingerprint density at radius 1 is 1.15 bits per heavy atom. The summed E-state index contributed by atoms with van der Waals surface area (Å²) in [5, 5.41) is 3.13. The third-order valence-corrected chi connectivity index (χ3v) is 5.72. The van der Waals surface area contributed by atoms with Crippen molar-refractivity contribution in [3.05, 3.63) is 58.6 Å². The summed E-state index contributed by atoms with van der Waals surface area (Å²) in [4.78, 5) is 12.8. The van der Waals surface area contributed by atoms with E-state index in [1.165, 1.54) is 4.31 Å². The summed E-state index contributed by atoms with van der Waals surface area (Å²) in [6.07, 6.45) is 1.42. The van der Waals surface area contributed by atoms with Crippen LogP contribution in [0.3, 0.4) is 0 Å². The van der Waals surface area contributed by atoms with Crippen LogP contribution in [0.2, 0.25) is 5.02 Å². The van der Waals surface area contributed by atoms with E-state index < -0.39 is 22.0 Å². The van der Waals surface area contributed by atoms with Gasteiger partial charge in [-0.05, 0) is 55.7 Å². The van der Waals surface area contributed by atoms with Crippen LogP contribution in [0, 0.1) is 13.8 Å². The van der Waals surface area contributed by atoms with Crippen LogP contribution in [-0.2, 0) is 14.8 Å². The number of carbonyl (C=O) groups is 1. The zero-order valence-corrected chi connectivity index (χ0v) is 16.9. The summed E-state index contributed by atoms with van der Waals surface area (Å²) in [5.74, 6) is -0.427. The first-order valence-corrected chi connectivity index (χ1v) is 10.5. The Morgan fingerprint density at radius 3 is 2.35 bits per heavy atom. The number of hydrogen-bond acceptors (Lipinski definition) is 3. The number of nitrogens with one attached hydrogen (secondary N) is 1. The summed E-state index contributed by atoms with van der Waals surface area (Å²) in [6, 6.07) is 11.3. The quantitative estimate of drug-likeness (QED) is 0.800.